The van der Waals surface area contributed by atoms with Gasteiger partial charge in [0, 0.05) is 10.6 Å². The summed E-state index contributed by atoms with van der Waals surface area (Å²) in [5, 5.41) is 15.7. The van der Waals surface area contributed by atoms with Gasteiger partial charge in [0.1, 0.15) is 10.8 Å². The van der Waals surface area contributed by atoms with Crippen molar-refractivity contribution in [3.63, 3.8) is 0 Å². The molecule has 2 amide bonds. The number of aromatic nitrogens is 2. The minimum atomic E-state index is -0.348. The molecule has 3 rings (SSSR count). The molecule has 3 aromatic rings. The van der Waals surface area contributed by atoms with Crippen LogP contribution < -0.4 is 15.5 Å². The average Bonchev–Trinajstić information content (AvgIpc) is 3.16. The summed E-state index contributed by atoms with van der Waals surface area (Å²) in [7, 11) is 1.55. The highest BCUT2D eigenvalue weighted by Gasteiger charge is 2.12. The van der Waals surface area contributed by atoms with E-state index in [1.165, 1.54) is 6.21 Å². The molecule has 2 N–H and O–H groups in total. The molecule has 0 unspecified atom stereocenters. The summed E-state index contributed by atoms with van der Waals surface area (Å²) in [6.07, 6.45) is 1.50. The molecule has 0 radical (unpaired) electrons. The smallest absolute Gasteiger partial charge is 0.257 e. The predicted molar refractivity (Wildman–Crippen MR) is 112 cm³/mol. The lowest BCUT2D eigenvalue weighted by Gasteiger charge is -2.02. The summed E-state index contributed by atoms with van der Waals surface area (Å²) in [5.74, 6) is -0.0174. The van der Waals surface area contributed by atoms with Crippen LogP contribution in [0.4, 0.5) is 5.13 Å². The number of nitrogens with one attached hydrogen (secondary N) is 2. The van der Waals surface area contributed by atoms with Crippen LogP contribution in [0, 0.1) is 0 Å². The monoisotopic (exact) mass is 429 g/mol. The normalized spacial score (nSPS) is 10.7. The Labute approximate surface area is 175 Å². The number of carbonyl (C=O) groups is 2. The van der Waals surface area contributed by atoms with Crippen LogP contribution in [-0.2, 0) is 11.2 Å². The fraction of sp³-hybridized carbons (Fsp3) is 0.105. The molecule has 1 heterocycles. The predicted octanol–water partition coefficient (Wildman–Crippen LogP) is 3.15. The van der Waals surface area contributed by atoms with Crippen LogP contribution in [0.1, 0.15) is 20.9 Å². The van der Waals surface area contributed by atoms with E-state index in [4.69, 9.17) is 16.3 Å². The zero-order chi connectivity index (χ0) is 20.6. The maximum absolute atomic E-state index is 12.2. The van der Waals surface area contributed by atoms with E-state index in [9.17, 15) is 9.59 Å². The molecule has 0 aliphatic carbocycles. The molecule has 0 bridgehead atoms. The highest BCUT2D eigenvalue weighted by Crippen LogP contribution is 2.18. The van der Waals surface area contributed by atoms with E-state index in [-0.39, 0.29) is 18.2 Å². The van der Waals surface area contributed by atoms with Gasteiger partial charge in [0.25, 0.3) is 5.91 Å². The van der Waals surface area contributed by atoms with Crippen LogP contribution in [0.25, 0.3) is 0 Å². The Morgan fingerprint density at radius 3 is 2.55 bits per heavy atom. The number of carbonyl (C=O) groups excluding carboxylic acids is 2. The van der Waals surface area contributed by atoms with Crippen molar-refractivity contribution in [2.24, 2.45) is 5.10 Å². The van der Waals surface area contributed by atoms with E-state index in [0.717, 1.165) is 16.9 Å². The van der Waals surface area contributed by atoms with Crippen molar-refractivity contribution >= 4 is 46.1 Å². The van der Waals surface area contributed by atoms with Gasteiger partial charge in [0.2, 0.25) is 11.0 Å². The van der Waals surface area contributed by atoms with E-state index < -0.39 is 0 Å². The van der Waals surface area contributed by atoms with Crippen LogP contribution in [-0.4, -0.2) is 35.3 Å². The number of hydrazone groups is 1. The third-order valence-corrected chi connectivity index (χ3v) is 4.71. The zero-order valence-corrected chi connectivity index (χ0v) is 16.8. The summed E-state index contributed by atoms with van der Waals surface area (Å²) >= 11 is 6.93. The molecule has 0 saturated carbocycles. The van der Waals surface area contributed by atoms with Crippen LogP contribution in [0.3, 0.4) is 0 Å². The van der Waals surface area contributed by atoms with Gasteiger partial charge in [-0.05, 0) is 42.0 Å². The number of benzene rings is 2. The molecule has 2 aromatic carbocycles. The number of hydrogen-bond acceptors (Lipinski definition) is 7. The minimum absolute atomic E-state index is 0.00592. The first kappa shape index (κ1) is 20.4. The van der Waals surface area contributed by atoms with Gasteiger partial charge in [-0.3, -0.25) is 14.9 Å². The van der Waals surface area contributed by atoms with Gasteiger partial charge < -0.3 is 4.74 Å². The third kappa shape index (κ3) is 6.09. The number of ether oxygens (including phenoxy) is 1. The molecular weight excluding hydrogens is 414 g/mol. The number of halogens is 1. The molecule has 148 valence electrons. The van der Waals surface area contributed by atoms with Crippen molar-refractivity contribution in [3.05, 3.63) is 69.7 Å². The second-order valence-corrected chi connectivity index (χ2v) is 7.20. The highest BCUT2D eigenvalue weighted by molar-refractivity contribution is 7.15. The van der Waals surface area contributed by atoms with Gasteiger partial charge in [0.15, 0.2) is 0 Å². The summed E-state index contributed by atoms with van der Waals surface area (Å²) < 4.78 is 5.06. The van der Waals surface area contributed by atoms with Crippen LogP contribution >= 0.6 is 22.9 Å². The van der Waals surface area contributed by atoms with E-state index >= 15 is 0 Å². The summed E-state index contributed by atoms with van der Waals surface area (Å²) in [4.78, 5) is 24.2. The molecule has 10 heteroatoms. The van der Waals surface area contributed by atoms with E-state index in [0.29, 0.717) is 26.5 Å². The van der Waals surface area contributed by atoms with Gasteiger partial charge >= 0.3 is 0 Å². The summed E-state index contributed by atoms with van der Waals surface area (Å²) in [6, 6.07) is 13.7. The van der Waals surface area contributed by atoms with Gasteiger partial charge in [-0.25, -0.2) is 5.43 Å². The standard InChI is InChI=1S/C19H16ClN5O3S/c1-28-15-8-4-13(5-9-15)18(27)22-19-25-24-17(29-19)10-16(26)23-21-11-12-2-6-14(20)7-3-12/h2-9,11H,10H2,1H3,(H,23,26)(H,22,25,27)/b21-11-. The SMILES string of the molecule is COc1ccc(C(=O)Nc2nnc(CC(=O)N/N=C\c3ccc(Cl)cc3)s2)cc1. The molecule has 0 fully saturated rings. The fourth-order valence-electron chi connectivity index (χ4n) is 2.19. The average molecular weight is 430 g/mol. The Bertz CT molecular complexity index is 1020. The van der Waals surface area contributed by atoms with Crippen molar-refractivity contribution in [2.75, 3.05) is 12.4 Å². The third-order valence-electron chi connectivity index (χ3n) is 3.62. The highest BCUT2D eigenvalue weighted by atomic mass is 35.5. The Balaban J connectivity index is 1.50. The van der Waals surface area contributed by atoms with Crippen LogP contribution in [0.15, 0.2) is 53.6 Å². The maximum Gasteiger partial charge on any atom is 0.257 e. The van der Waals surface area contributed by atoms with E-state index in [1.54, 1.807) is 55.6 Å². The number of anilines is 1. The molecule has 0 saturated heterocycles. The quantitative estimate of drug-likeness (QED) is 0.443. The number of hydrogen-bond donors (Lipinski definition) is 2. The first-order chi connectivity index (χ1) is 14.0. The Hall–Kier alpha value is -3.30. The number of rotatable bonds is 7. The van der Waals surface area contributed by atoms with E-state index in [1.807, 2.05) is 0 Å². The van der Waals surface area contributed by atoms with Crippen molar-refractivity contribution in [1.29, 1.82) is 0 Å². The van der Waals surface area contributed by atoms with Gasteiger partial charge in [-0.1, -0.05) is 35.1 Å². The Morgan fingerprint density at radius 2 is 1.86 bits per heavy atom. The second kappa shape index (κ2) is 9.76. The summed E-state index contributed by atoms with van der Waals surface area (Å²) in [5.41, 5.74) is 3.67. The van der Waals surface area contributed by atoms with Crippen molar-refractivity contribution in [3.8, 4) is 5.75 Å². The number of nitrogens with zero attached hydrogens (tertiary/aromatic N) is 3. The molecule has 29 heavy (non-hydrogen) atoms. The van der Waals surface area contributed by atoms with Gasteiger partial charge in [-0.2, -0.15) is 5.10 Å². The molecule has 0 aliphatic heterocycles. The van der Waals surface area contributed by atoms with Crippen molar-refractivity contribution in [1.82, 2.24) is 15.6 Å². The molecule has 1 aromatic heterocycles. The fourth-order valence-corrected chi connectivity index (χ4v) is 3.05. The molecule has 0 spiro atoms. The van der Waals surface area contributed by atoms with Crippen LogP contribution in [0.5, 0.6) is 5.75 Å². The van der Waals surface area contributed by atoms with Crippen molar-refractivity contribution in [2.45, 2.75) is 6.42 Å². The van der Waals surface area contributed by atoms with Gasteiger partial charge in [0.05, 0.1) is 19.7 Å². The zero-order valence-electron chi connectivity index (χ0n) is 15.3. The molecule has 0 atom stereocenters. The molecule has 0 aliphatic rings. The lowest BCUT2D eigenvalue weighted by molar-refractivity contribution is -0.120. The topological polar surface area (TPSA) is 106 Å². The Morgan fingerprint density at radius 1 is 1.14 bits per heavy atom. The van der Waals surface area contributed by atoms with Crippen LogP contribution in [0.2, 0.25) is 5.02 Å². The maximum atomic E-state index is 12.2. The largest absolute Gasteiger partial charge is 0.497 e. The molecule has 8 nitrogen and oxygen atoms in total. The summed E-state index contributed by atoms with van der Waals surface area (Å²) in [6.45, 7) is 0. The lowest BCUT2D eigenvalue weighted by atomic mass is 10.2. The van der Waals surface area contributed by atoms with Crippen molar-refractivity contribution < 1.29 is 14.3 Å². The first-order valence-corrected chi connectivity index (χ1v) is 9.58. The number of methoxy groups -OCH3 is 1. The Kier molecular flexibility index (Phi) is 6.88. The number of amides is 2. The lowest BCUT2D eigenvalue weighted by Crippen LogP contribution is -2.19. The minimum Gasteiger partial charge on any atom is -0.497 e. The van der Waals surface area contributed by atoms with E-state index in [2.05, 4.69) is 26.0 Å². The first-order valence-electron chi connectivity index (χ1n) is 8.39. The van der Waals surface area contributed by atoms with Gasteiger partial charge in [-0.15, -0.1) is 10.2 Å². The second-order valence-electron chi connectivity index (χ2n) is 5.71. The molecular formula is C19H16ClN5O3S.